The molecule has 0 aromatic heterocycles. The number of carbonyl (C=O) groups excluding carboxylic acids is 2. The summed E-state index contributed by atoms with van der Waals surface area (Å²) in [6, 6.07) is 5.74. The van der Waals surface area contributed by atoms with Crippen LogP contribution >= 0.6 is 24.8 Å². The average molecular weight is 533 g/mol. The number of rotatable bonds is 12. The van der Waals surface area contributed by atoms with Gasteiger partial charge in [0.25, 0.3) is 0 Å². The molecule has 8 N–H and O–H groups in total. The van der Waals surface area contributed by atoms with Gasteiger partial charge in [0.05, 0.1) is 35.5 Å². The summed E-state index contributed by atoms with van der Waals surface area (Å²) in [6.45, 7) is 2.81. The van der Waals surface area contributed by atoms with Gasteiger partial charge in [0, 0.05) is 50.6 Å². The lowest BCUT2D eigenvalue weighted by Gasteiger charge is -2.25. The largest absolute Gasteiger partial charge is 0.507 e. The van der Waals surface area contributed by atoms with Crippen molar-refractivity contribution in [3.8, 4) is 11.5 Å². The third-order valence-electron chi connectivity index (χ3n) is 5.09. The number of ketones is 2. The molecule has 0 heterocycles. The minimum absolute atomic E-state index is 0. The van der Waals surface area contributed by atoms with E-state index in [1.165, 1.54) is 12.1 Å². The van der Waals surface area contributed by atoms with Crippen LogP contribution in [-0.2, 0) is 0 Å². The zero-order chi connectivity index (χ0) is 23.1. The lowest BCUT2D eigenvalue weighted by Crippen LogP contribution is -2.28. The zero-order valence-electron chi connectivity index (χ0n) is 18.4. The fraction of sp³-hybridized carbons (Fsp3) is 0.391. The molecular formula is C23H34Cl2N4O6. The summed E-state index contributed by atoms with van der Waals surface area (Å²) in [7, 11) is 0. The van der Waals surface area contributed by atoms with E-state index in [0.717, 1.165) is 0 Å². The Kier molecular flexibility index (Phi) is 14.3. The maximum atomic E-state index is 13.4. The van der Waals surface area contributed by atoms with Crippen molar-refractivity contribution >= 4 is 47.8 Å². The minimum atomic E-state index is -0.559. The number of phenols is 2. The highest BCUT2D eigenvalue weighted by Crippen LogP contribution is 2.42. The van der Waals surface area contributed by atoms with Crippen molar-refractivity contribution in [3.63, 3.8) is 0 Å². The Morgan fingerprint density at radius 1 is 0.571 bits per heavy atom. The molecule has 0 spiro atoms. The van der Waals surface area contributed by atoms with E-state index in [0.29, 0.717) is 50.6 Å². The normalized spacial score (nSPS) is 11.4. The first-order valence-corrected chi connectivity index (χ1v) is 10.4. The van der Waals surface area contributed by atoms with Crippen LogP contribution in [0.3, 0.4) is 0 Å². The van der Waals surface area contributed by atoms with E-state index >= 15 is 0 Å². The zero-order valence-corrected chi connectivity index (χ0v) is 20.0. The van der Waals surface area contributed by atoms with Crippen LogP contribution in [0.15, 0.2) is 24.3 Å². The second-order valence-electron chi connectivity index (χ2n) is 7.22. The first-order valence-electron chi connectivity index (χ1n) is 10.4. The number of halogens is 2. The van der Waals surface area contributed by atoms with E-state index in [9.17, 15) is 19.8 Å². The topological polar surface area (TPSA) is 163 Å². The van der Waals surface area contributed by atoms with E-state index in [1.54, 1.807) is 12.1 Å². The Morgan fingerprint density at radius 2 is 0.943 bits per heavy atom. The molecule has 35 heavy (non-hydrogen) atoms. The van der Waals surface area contributed by atoms with Crippen LogP contribution in [0.2, 0.25) is 0 Å². The monoisotopic (exact) mass is 532 g/mol. The fourth-order valence-corrected chi connectivity index (χ4v) is 3.64. The smallest absolute Gasteiger partial charge is 0.200 e. The van der Waals surface area contributed by atoms with E-state index in [-0.39, 0.29) is 79.2 Å². The Labute approximate surface area is 217 Å². The Balaban J connectivity index is 0.00000385. The third-order valence-corrected chi connectivity index (χ3v) is 5.09. The predicted molar refractivity (Wildman–Crippen MR) is 141 cm³/mol. The molecular weight excluding hydrogens is 499 g/mol. The summed E-state index contributed by atoms with van der Waals surface area (Å²) in [4.78, 5) is 26.7. The summed E-state index contributed by atoms with van der Waals surface area (Å²) in [5.41, 5.74) is 0.678. The van der Waals surface area contributed by atoms with Crippen LogP contribution in [0.25, 0.3) is 0 Å². The maximum Gasteiger partial charge on any atom is 0.200 e. The molecule has 0 saturated carbocycles. The van der Waals surface area contributed by atoms with Gasteiger partial charge in [0.1, 0.15) is 11.5 Å². The standard InChI is InChI=1S/C22H28N4O6.CH4.2ClH/c27-11-9-23-5-7-25-13-1-2-14(26-8-6-24-10-12-28)18-17(13)21(31)19-15(29)3-4-16(30)20(19)22(18)32;;;/h1-4,23-30H,5-12H2;1H4;2*1H. The highest BCUT2D eigenvalue weighted by Gasteiger charge is 2.37. The average Bonchev–Trinajstić information content (AvgIpc) is 2.78. The van der Waals surface area contributed by atoms with Gasteiger partial charge in [-0.15, -0.1) is 24.8 Å². The van der Waals surface area contributed by atoms with Gasteiger partial charge in [-0.1, -0.05) is 7.43 Å². The number of fused-ring (bicyclic) bond motifs is 2. The fourth-order valence-electron chi connectivity index (χ4n) is 3.64. The van der Waals surface area contributed by atoms with E-state index in [1.807, 2.05) is 0 Å². The number of benzene rings is 2. The molecule has 1 aliphatic rings. The molecule has 10 nitrogen and oxygen atoms in total. The molecule has 0 saturated heterocycles. The molecule has 196 valence electrons. The van der Waals surface area contributed by atoms with Crippen LogP contribution in [0.5, 0.6) is 11.5 Å². The summed E-state index contributed by atoms with van der Waals surface area (Å²) in [5, 5.41) is 50.6. The van der Waals surface area contributed by atoms with Gasteiger partial charge in [0.2, 0.25) is 11.6 Å². The number of aliphatic hydroxyl groups is 2. The van der Waals surface area contributed by atoms with Gasteiger partial charge in [-0.05, 0) is 24.3 Å². The molecule has 3 rings (SSSR count). The minimum Gasteiger partial charge on any atom is -0.507 e. The summed E-state index contributed by atoms with van der Waals surface area (Å²) >= 11 is 0. The van der Waals surface area contributed by atoms with Crippen LogP contribution in [0.1, 0.15) is 39.3 Å². The number of phenolic OH excluding ortho intramolecular Hbond substituents is 2. The van der Waals surface area contributed by atoms with Gasteiger partial charge in [-0.3, -0.25) is 9.59 Å². The molecule has 0 bridgehead atoms. The van der Waals surface area contributed by atoms with Crippen molar-refractivity contribution in [2.45, 2.75) is 7.43 Å². The van der Waals surface area contributed by atoms with Crippen molar-refractivity contribution in [1.82, 2.24) is 10.6 Å². The molecule has 0 amide bonds. The number of nitrogens with one attached hydrogen (secondary N) is 4. The molecule has 0 aliphatic heterocycles. The first-order chi connectivity index (χ1) is 15.5. The second-order valence-corrected chi connectivity index (χ2v) is 7.22. The molecule has 0 radical (unpaired) electrons. The van der Waals surface area contributed by atoms with E-state index < -0.39 is 11.6 Å². The van der Waals surface area contributed by atoms with Gasteiger partial charge in [0.15, 0.2) is 0 Å². The number of carbonyl (C=O) groups is 2. The number of anilines is 2. The molecule has 0 fully saturated rings. The second kappa shape index (κ2) is 15.4. The van der Waals surface area contributed by atoms with Crippen molar-refractivity contribution < 1.29 is 30.0 Å². The lowest BCUT2D eigenvalue weighted by atomic mass is 9.81. The highest BCUT2D eigenvalue weighted by atomic mass is 35.5. The van der Waals surface area contributed by atoms with Gasteiger partial charge in [-0.25, -0.2) is 0 Å². The number of aromatic hydroxyl groups is 2. The Morgan fingerprint density at radius 3 is 1.29 bits per heavy atom. The summed E-state index contributed by atoms with van der Waals surface area (Å²) < 4.78 is 0. The number of hydrogen-bond acceptors (Lipinski definition) is 10. The van der Waals surface area contributed by atoms with Crippen LogP contribution < -0.4 is 21.3 Å². The first kappa shape index (κ1) is 32.4. The maximum absolute atomic E-state index is 13.4. The predicted octanol–water partition coefficient (Wildman–Crippen LogP) is 1.34. The highest BCUT2D eigenvalue weighted by molar-refractivity contribution is 6.33. The molecule has 0 unspecified atom stereocenters. The molecule has 2 aromatic carbocycles. The van der Waals surface area contributed by atoms with Crippen molar-refractivity contribution in [3.05, 3.63) is 46.5 Å². The van der Waals surface area contributed by atoms with Crippen molar-refractivity contribution in [1.29, 1.82) is 0 Å². The molecule has 0 atom stereocenters. The Hall–Kier alpha value is -2.60. The third kappa shape index (κ3) is 7.20. The Bertz CT molecular complexity index is 928. The van der Waals surface area contributed by atoms with Crippen LogP contribution in [-0.4, -0.2) is 84.5 Å². The quantitative estimate of drug-likeness (QED) is 0.126. The van der Waals surface area contributed by atoms with Gasteiger partial charge < -0.3 is 41.7 Å². The van der Waals surface area contributed by atoms with Crippen LogP contribution in [0, 0.1) is 0 Å². The molecule has 12 heteroatoms. The van der Waals surface area contributed by atoms with E-state index in [4.69, 9.17) is 10.2 Å². The van der Waals surface area contributed by atoms with Crippen molar-refractivity contribution in [2.75, 3.05) is 63.1 Å². The summed E-state index contributed by atoms with van der Waals surface area (Å²) in [5.74, 6) is -1.86. The lowest BCUT2D eigenvalue weighted by molar-refractivity contribution is 0.0975. The molecule has 1 aliphatic carbocycles. The SMILES string of the molecule is C.Cl.Cl.O=C1c2c(O)ccc(O)c2C(=O)c2c(NCCNCCO)ccc(NCCNCCO)c21. The van der Waals surface area contributed by atoms with Crippen molar-refractivity contribution in [2.24, 2.45) is 0 Å². The number of hydrogen-bond donors (Lipinski definition) is 8. The number of aliphatic hydroxyl groups excluding tert-OH is 2. The molecule has 2 aromatic rings. The van der Waals surface area contributed by atoms with Gasteiger partial charge >= 0.3 is 0 Å². The van der Waals surface area contributed by atoms with Crippen LogP contribution in [0.4, 0.5) is 11.4 Å². The van der Waals surface area contributed by atoms with Gasteiger partial charge in [-0.2, -0.15) is 0 Å². The van der Waals surface area contributed by atoms with E-state index in [2.05, 4.69) is 21.3 Å². The summed E-state index contributed by atoms with van der Waals surface area (Å²) in [6.07, 6.45) is 0.